The van der Waals surface area contributed by atoms with E-state index in [0.29, 0.717) is 26.2 Å². The number of para-hydroxylation sites is 2. The molecule has 2 N–H and O–H groups in total. The van der Waals surface area contributed by atoms with Crippen LogP contribution in [0.2, 0.25) is 0 Å². The number of hydrogen-bond acceptors (Lipinski definition) is 5. The highest BCUT2D eigenvalue weighted by Gasteiger charge is 2.23. The molecule has 2 aromatic carbocycles. The Morgan fingerprint density at radius 1 is 0.935 bits per heavy atom. The predicted octanol–water partition coefficient (Wildman–Crippen LogP) is 3.20. The van der Waals surface area contributed by atoms with Crippen molar-refractivity contribution in [3.63, 3.8) is 0 Å². The Hall–Kier alpha value is -2.93. The van der Waals surface area contributed by atoms with Gasteiger partial charge in [-0.05, 0) is 49.4 Å². The number of anilines is 3. The van der Waals surface area contributed by atoms with E-state index in [4.69, 9.17) is 0 Å². The van der Waals surface area contributed by atoms with E-state index in [1.807, 2.05) is 29.2 Å². The number of likely N-dealkylation sites (N-methyl/N-ethyl adjacent to an activating group) is 1. The molecule has 2 aliphatic rings. The number of phenolic OH excluding ortho intramolecular Hbond substituents is 1. The van der Waals surface area contributed by atoms with Crippen LogP contribution in [-0.2, 0) is 0 Å². The van der Waals surface area contributed by atoms with Crippen LogP contribution >= 0.6 is 0 Å². The van der Waals surface area contributed by atoms with E-state index in [0.717, 1.165) is 49.7 Å². The summed E-state index contributed by atoms with van der Waals surface area (Å²) in [6.07, 6.45) is 0. The van der Waals surface area contributed by atoms with Gasteiger partial charge in [-0.25, -0.2) is 4.79 Å². The Labute approximate surface area is 184 Å². The summed E-state index contributed by atoms with van der Waals surface area (Å²) in [6, 6.07) is 13.6. The molecule has 2 aromatic rings. The molecule has 0 bridgehead atoms. The van der Waals surface area contributed by atoms with Gasteiger partial charge in [0.15, 0.2) is 0 Å². The zero-order valence-electron chi connectivity index (χ0n) is 18.5. The van der Waals surface area contributed by atoms with E-state index < -0.39 is 0 Å². The predicted molar refractivity (Wildman–Crippen MR) is 126 cm³/mol. The third kappa shape index (κ3) is 4.88. The van der Waals surface area contributed by atoms with Crippen LogP contribution in [0.15, 0.2) is 42.5 Å². The minimum atomic E-state index is -0.0654. The first-order valence-electron chi connectivity index (χ1n) is 11.2. The summed E-state index contributed by atoms with van der Waals surface area (Å²) in [5.74, 6) is 0.284. The Bertz CT molecular complexity index is 903. The third-order valence-corrected chi connectivity index (χ3v) is 6.43. The molecule has 31 heavy (non-hydrogen) atoms. The van der Waals surface area contributed by atoms with E-state index in [1.54, 1.807) is 6.07 Å². The summed E-state index contributed by atoms with van der Waals surface area (Å²) in [6.45, 7) is 12.3. The second-order valence-corrected chi connectivity index (χ2v) is 8.31. The Balaban J connectivity index is 1.32. The van der Waals surface area contributed by atoms with Crippen molar-refractivity contribution in [3.8, 4) is 5.75 Å². The summed E-state index contributed by atoms with van der Waals surface area (Å²) in [4.78, 5) is 21.7. The average Bonchev–Trinajstić information content (AvgIpc) is 2.81. The molecule has 166 valence electrons. The maximum atomic E-state index is 12.8. The lowest BCUT2D eigenvalue weighted by Gasteiger charge is -2.36. The van der Waals surface area contributed by atoms with Gasteiger partial charge < -0.3 is 30.0 Å². The van der Waals surface area contributed by atoms with Gasteiger partial charge >= 0.3 is 6.03 Å². The second kappa shape index (κ2) is 9.47. The molecule has 2 fully saturated rings. The van der Waals surface area contributed by atoms with E-state index in [1.165, 1.54) is 5.69 Å². The molecule has 7 nitrogen and oxygen atoms in total. The number of carbonyl (C=O) groups is 1. The van der Waals surface area contributed by atoms with E-state index >= 15 is 0 Å². The standard InChI is InChI=1S/C24H33N5O2/c1-3-26-10-12-27(13-11-26)20-8-9-21(19(2)18-20)25-24(31)29-16-14-28(15-17-29)22-6-4-5-7-23(22)30/h4-9,18,30H,3,10-17H2,1-2H3,(H,25,31). The molecule has 2 saturated heterocycles. The zero-order chi connectivity index (χ0) is 21.8. The molecule has 0 saturated carbocycles. The van der Waals surface area contributed by atoms with E-state index in [2.05, 4.69) is 46.0 Å². The number of amides is 2. The maximum absolute atomic E-state index is 12.8. The molecule has 4 rings (SSSR count). The van der Waals surface area contributed by atoms with Gasteiger partial charge in [0, 0.05) is 63.7 Å². The molecule has 7 heteroatoms. The largest absolute Gasteiger partial charge is 0.506 e. The summed E-state index contributed by atoms with van der Waals surface area (Å²) < 4.78 is 0. The van der Waals surface area contributed by atoms with Crippen molar-refractivity contribution in [3.05, 3.63) is 48.0 Å². The van der Waals surface area contributed by atoms with Crippen molar-refractivity contribution in [2.24, 2.45) is 0 Å². The molecule has 0 unspecified atom stereocenters. The number of phenols is 1. The zero-order valence-corrected chi connectivity index (χ0v) is 18.5. The smallest absolute Gasteiger partial charge is 0.321 e. The van der Waals surface area contributed by atoms with Gasteiger partial charge in [0.25, 0.3) is 0 Å². The lowest BCUT2D eigenvalue weighted by molar-refractivity contribution is 0.208. The van der Waals surface area contributed by atoms with Crippen LogP contribution in [0.1, 0.15) is 12.5 Å². The fourth-order valence-electron chi connectivity index (χ4n) is 4.38. The number of benzene rings is 2. The highest BCUT2D eigenvalue weighted by molar-refractivity contribution is 5.90. The van der Waals surface area contributed by atoms with Crippen molar-refractivity contribution >= 4 is 23.1 Å². The average molecular weight is 424 g/mol. The summed E-state index contributed by atoms with van der Waals surface area (Å²) in [5, 5.41) is 13.1. The SMILES string of the molecule is CCN1CCN(c2ccc(NC(=O)N3CCN(c4ccccc4O)CC3)c(C)c2)CC1. The Morgan fingerprint density at radius 2 is 1.61 bits per heavy atom. The summed E-state index contributed by atoms with van der Waals surface area (Å²) in [7, 11) is 0. The quantitative estimate of drug-likeness (QED) is 0.791. The van der Waals surface area contributed by atoms with Gasteiger partial charge in [-0.3, -0.25) is 0 Å². The minimum Gasteiger partial charge on any atom is -0.506 e. The number of carbonyl (C=O) groups excluding carboxylic acids is 1. The van der Waals surface area contributed by atoms with Gasteiger partial charge in [-0.15, -0.1) is 0 Å². The molecule has 0 aliphatic carbocycles. The Morgan fingerprint density at radius 3 is 2.26 bits per heavy atom. The minimum absolute atomic E-state index is 0.0654. The van der Waals surface area contributed by atoms with E-state index in [-0.39, 0.29) is 11.8 Å². The molecular weight excluding hydrogens is 390 g/mol. The lowest BCUT2D eigenvalue weighted by Crippen LogP contribution is -2.50. The number of piperazine rings is 2. The molecule has 0 radical (unpaired) electrons. The molecule has 2 heterocycles. The normalized spacial score (nSPS) is 17.7. The number of aromatic hydroxyl groups is 1. The molecule has 2 amide bonds. The van der Waals surface area contributed by atoms with E-state index in [9.17, 15) is 9.90 Å². The van der Waals surface area contributed by atoms with Crippen molar-refractivity contribution in [2.75, 3.05) is 74.0 Å². The van der Waals surface area contributed by atoms with Crippen molar-refractivity contribution in [1.29, 1.82) is 0 Å². The van der Waals surface area contributed by atoms with Gasteiger partial charge in [0.05, 0.1) is 5.69 Å². The lowest BCUT2D eigenvalue weighted by atomic mass is 10.1. The van der Waals surface area contributed by atoms with Crippen molar-refractivity contribution in [2.45, 2.75) is 13.8 Å². The Kier molecular flexibility index (Phi) is 6.51. The molecule has 0 spiro atoms. The first-order chi connectivity index (χ1) is 15.0. The number of nitrogens with one attached hydrogen (secondary N) is 1. The van der Waals surface area contributed by atoms with Crippen LogP contribution in [0, 0.1) is 6.92 Å². The van der Waals surface area contributed by atoms with Crippen molar-refractivity contribution in [1.82, 2.24) is 9.80 Å². The topological polar surface area (TPSA) is 62.3 Å². The van der Waals surface area contributed by atoms with Crippen LogP contribution in [0.4, 0.5) is 21.9 Å². The first-order valence-corrected chi connectivity index (χ1v) is 11.2. The number of rotatable bonds is 4. The maximum Gasteiger partial charge on any atom is 0.321 e. The monoisotopic (exact) mass is 423 g/mol. The summed E-state index contributed by atoms with van der Waals surface area (Å²) in [5.41, 5.74) is 4.00. The number of nitrogens with zero attached hydrogens (tertiary/aromatic N) is 4. The molecule has 0 aromatic heterocycles. The van der Waals surface area contributed by atoms with Crippen LogP contribution < -0.4 is 15.1 Å². The number of aryl methyl sites for hydroxylation is 1. The molecule has 2 aliphatic heterocycles. The fourth-order valence-corrected chi connectivity index (χ4v) is 4.38. The van der Waals surface area contributed by atoms with Crippen LogP contribution in [0.25, 0.3) is 0 Å². The van der Waals surface area contributed by atoms with Crippen LogP contribution in [0.5, 0.6) is 5.75 Å². The first kappa shape index (κ1) is 21.3. The number of hydrogen-bond donors (Lipinski definition) is 2. The van der Waals surface area contributed by atoms with Gasteiger partial charge in [-0.2, -0.15) is 0 Å². The highest BCUT2D eigenvalue weighted by atomic mass is 16.3. The highest BCUT2D eigenvalue weighted by Crippen LogP contribution is 2.28. The summed E-state index contributed by atoms with van der Waals surface area (Å²) >= 11 is 0. The fraction of sp³-hybridized carbons (Fsp3) is 0.458. The van der Waals surface area contributed by atoms with Gasteiger partial charge in [0.2, 0.25) is 0 Å². The third-order valence-electron chi connectivity index (χ3n) is 6.43. The van der Waals surface area contributed by atoms with Crippen LogP contribution in [0.3, 0.4) is 0 Å². The molecular formula is C24H33N5O2. The molecule has 0 atom stereocenters. The number of urea groups is 1. The van der Waals surface area contributed by atoms with Crippen LogP contribution in [-0.4, -0.2) is 79.8 Å². The second-order valence-electron chi connectivity index (χ2n) is 8.31. The van der Waals surface area contributed by atoms with Crippen molar-refractivity contribution < 1.29 is 9.90 Å². The van der Waals surface area contributed by atoms with Gasteiger partial charge in [-0.1, -0.05) is 19.1 Å². The van der Waals surface area contributed by atoms with Gasteiger partial charge in [0.1, 0.15) is 5.75 Å².